The highest BCUT2D eigenvalue weighted by Gasteiger charge is 2.28. The molecular formula is C11H23NO3. The molecule has 1 amide bonds. The fraction of sp³-hybridized carbons (Fsp3) is 0.909. The summed E-state index contributed by atoms with van der Waals surface area (Å²) >= 11 is 0. The molecule has 90 valence electrons. The number of nitrogens with one attached hydrogen (secondary N) is 1. The van der Waals surface area contributed by atoms with Crippen molar-refractivity contribution >= 4 is 5.91 Å². The molecule has 0 aromatic carbocycles. The Bertz CT molecular complexity index is 182. The zero-order valence-corrected chi connectivity index (χ0v) is 9.92. The Kier molecular flexibility index (Phi) is 6.52. The molecule has 0 aliphatic rings. The van der Waals surface area contributed by atoms with E-state index in [2.05, 4.69) is 5.32 Å². The van der Waals surface area contributed by atoms with Crippen molar-refractivity contribution in [1.29, 1.82) is 0 Å². The van der Waals surface area contributed by atoms with Crippen molar-refractivity contribution in [1.82, 2.24) is 5.32 Å². The van der Waals surface area contributed by atoms with E-state index in [-0.39, 0.29) is 19.1 Å². The van der Waals surface area contributed by atoms with E-state index in [0.717, 1.165) is 6.42 Å². The normalized spacial score (nSPS) is 13.7. The highest BCUT2D eigenvalue weighted by atomic mass is 16.3. The van der Waals surface area contributed by atoms with Crippen LogP contribution in [-0.2, 0) is 4.79 Å². The average molecular weight is 217 g/mol. The van der Waals surface area contributed by atoms with Gasteiger partial charge in [0.25, 0.3) is 0 Å². The maximum Gasteiger partial charge on any atom is 0.220 e. The lowest BCUT2D eigenvalue weighted by Gasteiger charge is -2.30. The number of carbonyl (C=O) groups is 1. The van der Waals surface area contributed by atoms with Crippen molar-refractivity contribution in [3.05, 3.63) is 0 Å². The van der Waals surface area contributed by atoms with Crippen LogP contribution in [0.15, 0.2) is 0 Å². The van der Waals surface area contributed by atoms with E-state index < -0.39 is 5.54 Å². The molecule has 0 aromatic heterocycles. The third-order valence-electron chi connectivity index (χ3n) is 2.92. The molecule has 0 heterocycles. The predicted octanol–water partition coefficient (Wildman–Crippen LogP) is 0.672. The lowest BCUT2D eigenvalue weighted by Crippen LogP contribution is -2.54. The van der Waals surface area contributed by atoms with Crippen LogP contribution >= 0.6 is 0 Å². The molecule has 0 radical (unpaired) electrons. The van der Waals surface area contributed by atoms with Crippen molar-refractivity contribution in [3.63, 3.8) is 0 Å². The van der Waals surface area contributed by atoms with Crippen LogP contribution < -0.4 is 5.32 Å². The number of aliphatic hydroxyl groups excluding tert-OH is 2. The standard InChI is InChI=1S/C11H23NO3/c1-4-9(3)6-10(15)12-11(5-2,7-13)8-14/h9,13-14H,4-8H2,1-3H3,(H,12,15). The van der Waals surface area contributed by atoms with Gasteiger partial charge < -0.3 is 15.5 Å². The van der Waals surface area contributed by atoms with Crippen LogP contribution in [0, 0.1) is 5.92 Å². The van der Waals surface area contributed by atoms with Crippen molar-refractivity contribution < 1.29 is 15.0 Å². The largest absolute Gasteiger partial charge is 0.394 e. The van der Waals surface area contributed by atoms with E-state index >= 15 is 0 Å². The van der Waals surface area contributed by atoms with Crippen LogP contribution in [0.1, 0.15) is 40.0 Å². The number of hydrogen-bond acceptors (Lipinski definition) is 3. The number of aliphatic hydroxyl groups is 2. The molecule has 0 aliphatic carbocycles. The Morgan fingerprint density at radius 3 is 2.20 bits per heavy atom. The van der Waals surface area contributed by atoms with Crippen LogP contribution in [0.3, 0.4) is 0 Å². The minimum absolute atomic E-state index is 0.102. The summed E-state index contributed by atoms with van der Waals surface area (Å²) in [7, 11) is 0. The molecule has 0 spiro atoms. The van der Waals surface area contributed by atoms with Gasteiger partial charge in [-0.05, 0) is 12.3 Å². The number of rotatable bonds is 7. The Morgan fingerprint density at radius 1 is 1.33 bits per heavy atom. The van der Waals surface area contributed by atoms with E-state index in [1.54, 1.807) is 0 Å². The van der Waals surface area contributed by atoms with E-state index in [1.807, 2.05) is 20.8 Å². The first-order chi connectivity index (χ1) is 7.03. The van der Waals surface area contributed by atoms with E-state index in [9.17, 15) is 4.79 Å². The van der Waals surface area contributed by atoms with Gasteiger partial charge in [-0.25, -0.2) is 0 Å². The first-order valence-corrected chi connectivity index (χ1v) is 5.56. The zero-order valence-electron chi connectivity index (χ0n) is 9.92. The summed E-state index contributed by atoms with van der Waals surface area (Å²) in [5, 5.41) is 21.0. The minimum Gasteiger partial charge on any atom is -0.394 e. The molecule has 1 unspecified atom stereocenters. The van der Waals surface area contributed by atoms with Crippen LogP contribution in [0.25, 0.3) is 0 Å². The van der Waals surface area contributed by atoms with Gasteiger partial charge in [0.05, 0.1) is 18.8 Å². The van der Waals surface area contributed by atoms with Gasteiger partial charge in [-0.3, -0.25) is 4.79 Å². The van der Waals surface area contributed by atoms with Gasteiger partial charge in [0.1, 0.15) is 0 Å². The summed E-state index contributed by atoms with van der Waals surface area (Å²) in [5.41, 5.74) is -0.857. The van der Waals surface area contributed by atoms with Gasteiger partial charge in [-0.15, -0.1) is 0 Å². The molecule has 0 bridgehead atoms. The van der Waals surface area contributed by atoms with Crippen LogP contribution in [0.2, 0.25) is 0 Å². The molecule has 0 saturated heterocycles. The number of hydrogen-bond donors (Lipinski definition) is 3. The van der Waals surface area contributed by atoms with Gasteiger partial charge in [-0.2, -0.15) is 0 Å². The van der Waals surface area contributed by atoms with Crippen molar-refractivity contribution in [2.45, 2.75) is 45.6 Å². The Labute approximate surface area is 91.7 Å². The summed E-state index contributed by atoms with van der Waals surface area (Å²) in [4.78, 5) is 11.6. The molecule has 0 saturated carbocycles. The van der Waals surface area contributed by atoms with Crippen LogP contribution in [0.5, 0.6) is 0 Å². The summed E-state index contributed by atoms with van der Waals surface area (Å²) in [6, 6.07) is 0. The number of carbonyl (C=O) groups excluding carboxylic acids is 1. The molecule has 4 nitrogen and oxygen atoms in total. The topological polar surface area (TPSA) is 69.6 Å². The van der Waals surface area contributed by atoms with Gasteiger partial charge in [0.15, 0.2) is 0 Å². The Hall–Kier alpha value is -0.610. The first-order valence-electron chi connectivity index (χ1n) is 5.56. The second-order valence-electron chi connectivity index (χ2n) is 4.22. The third-order valence-corrected chi connectivity index (χ3v) is 2.92. The maximum atomic E-state index is 11.6. The fourth-order valence-electron chi connectivity index (χ4n) is 1.25. The maximum absolute atomic E-state index is 11.6. The SMILES string of the molecule is CCC(C)CC(=O)NC(CC)(CO)CO. The molecule has 15 heavy (non-hydrogen) atoms. The van der Waals surface area contributed by atoms with Crippen LogP contribution in [-0.4, -0.2) is 34.9 Å². The molecule has 0 aliphatic heterocycles. The molecule has 0 rings (SSSR count). The number of amides is 1. The molecule has 0 aromatic rings. The summed E-state index contributed by atoms with van der Waals surface area (Å²) in [6.07, 6.45) is 1.91. The van der Waals surface area contributed by atoms with Gasteiger partial charge >= 0.3 is 0 Å². The molecule has 1 atom stereocenters. The quantitative estimate of drug-likeness (QED) is 0.587. The van der Waals surface area contributed by atoms with E-state index in [0.29, 0.717) is 18.8 Å². The first kappa shape index (κ1) is 14.4. The lowest BCUT2D eigenvalue weighted by atomic mass is 9.97. The highest BCUT2D eigenvalue weighted by molar-refractivity contribution is 5.77. The molecular weight excluding hydrogens is 194 g/mol. The van der Waals surface area contributed by atoms with Crippen molar-refractivity contribution in [3.8, 4) is 0 Å². The monoisotopic (exact) mass is 217 g/mol. The van der Waals surface area contributed by atoms with Crippen LogP contribution in [0.4, 0.5) is 0 Å². The predicted molar refractivity (Wildman–Crippen MR) is 59.4 cm³/mol. The molecule has 0 fully saturated rings. The summed E-state index contributed by atoms with van der Waals surface area (Å²) in [6.45, 7) is 5.41. The zero-order chi connectivity index (χ0) is 11.9. The van der Waals surface area contributed by atoms with Crippen molar-refractivity contribution in [2.24, 2.45) is 5.92 Å². The smallest absolute Gasteiger partial charge is 0.220 e. The minimum atomic E-state index is -0.857. The lowest BCUT2D eigenvalue weighted by molar-refractivity contribution is -0.125. The Balaban J connectivity index is 4.23. The summed E-state index contributed by atoms with van der Waals surface area (Å²) in [5.74, 6) is 0.228. The average Bonchev–Trinajstić information content (AvgIpc) is 2.26. The second kappa shape index (κ2) is 6.80. The fourth-order valence-corrected chi connectivity index (χ4v) is 1.25. The van der Waals surface area contributed by atoms with Gasteiger partial charge in [0.2, 0.25) is 5.91 Å². The Morgan fingerprint density at radius 2 is 1.87 bits per heavy atom. The van der Waals surface area contributed by atoms with Gasteiger partial charge in [-0.1, -0.05) is 27.2 Å². The molecule has 3 N–H and O–H groups in total. The summed E-state index contributed by atoms with van der Waals surface area (Å²) < 4.78 is 0. The van der Waals surface area contributed by atoms with Crippen molar-refractivity contribution in [2.75, 3.05) is 13.2 Å². The highest BCUT2D eigenvalue weighted by Crippen LogP contribution is 2.11. The van der Waals surface area contributed by atoms with E-state index in [4.69, 9.17) is 10.2 Å². The second-order valence-corrected chi connectivity index (χ2v) is 4.22. The third kappa shape index (κ3) is 4.62. The van der Waals surface area contributed by atoms with Gasteiger partial charge in [0, 0.05) is 6.42 Å². The molecule has 4 heteroatoms. The van der Waals surface area contributed by atoms with E-state index in [1.165, 1.54) is 0 Å².